The molecular formula is C14H25N3OS2. The minimum absolute atomic E-state index is 0.802. The quantitative estimate of drug-likeness (QED) is 0.732. The van der Waals surface area contributed by atoms with E-state index in [4.69, 9.17) is 17.0 Å². The monoisotopic (exact) mass is 315 g/mol. The largest absolute Gasteiger partial charge is 0.379 e. The van der Waals surface area contributed by atoms with Crippen LogP contribution in [0, 0.1) is 0 Å². The molecule has 0 radical (unpaired) electrons. The minimum Gasteiger partial charge on any atom is -0.379 e. The smallest absolute Gasteiger partial charge is 0.138 e. The number of nitrogens with zero attached hydrogens (tertiary/aromatic N) is 3. The van der Waals surface area contributed by atoms with Gasteiger partial charge in [-0.05, 0) is 12.8 Å². The predicted molar refractivity (Wildman–Crippen MR) is 88.0 cm³/mol. The Morgan fingerprint density at radius 1 is 1.15 bits per heavy atom. The van der Waals surface area contributed by atoms with E-state index in [1.54, 1.807) is 0 Å². The maximum atomic E-state index is 5.54. The summed E-state index contributed by atoms with van der Waals surface area (Å²) in [5.41, 5.74) is 0. The summed E-state index contributed by atoms with van der Waals surface area (Å²) >= 11 is 7.39. The van der Waals surface area contributed by atoms with Crippen molar-refractivity contribution in [3.8, 4) is 0 Å². The van der Waals surface area contributed by atoms with E-state index in [0.717, 1.165) is 62.3 Å². The van der Waals surface area contributed by atoms with Gasteiger partial charge in [0.15, 0.2) is 0 Å². The highest BCUT2D eigenvalue weighted by Gasteiger charge is 2.29. The summed E-state index contributed by atoms with van der Waals surface area (Å²) in [6.07, 6.45) is 5.57. The lowest BCUT2D eigenvalue weighted by molar-refractivity contribution is 0.0338. The molecule has 2 saturated heterocycles. The summed E-state index contributed by atoms with van der Waals surface area (Å²) in [5.74, 6) is 1.09. The first kappa shape index (κ1) is 15.0. The van der Waals surface area contributed by atoms with Gasteiger partial charge in [-0.25, -0.2) is 0 Å². The molecule has 0 aromatic rings. The van der Waals surface area contributed by atoms with Crippen LogP contribution in [-0.4, -0.2) is 77.0 Å². The SMILES string of the molecule is S=C1SCN(C2CCCC2)CN1CCN1CCOCC1. The Morgan fingerprint density at radius 3 is 2.65 bits per heavy atom. The molecule has 1 saturated carbocycles. The van der Waals surface area contributed by atoms with E-state index in [0.29, 0.717) is 0 Å². The van der Waals surface area contributed by atoms with E-state index in [9.17, 15) is 0 Å². The van der Waals surface area contributed by atoms with Crippen LogP contribution < -0.4 is 0 Å². The van der Waals surface area contributed by atoms with Crippen LogP contribution in [0.25, 0.3) is 0 Å². The molecule has 3 rings (SSSR count). The fourth-order valence-electron chi connectivity index (χ4n) is 3.29. The molecule has 0 aromatic heterocycles. The third-order valence-corrected chi connectivity index (χ3v) is 6.17. The van der Waals surface area contributed by atoms with Crippen LogP contribution in [0.5, 0.6) is 0 Å². The highest BCUT2D eigenvalue weighted by atomic mass is 32.2. The van der Waals surface area contributed by atoms with Crippen LogP contribution in [0.2, 0.25) is 0 Å². The summed E-state index contributed by atoms with van der Waals surface area (Å²) in [6, 6.07) is 0.802. The Kier molecular flexibility index (Phi) is 5.56. The van der Waals surface area contributed by atoms with E-state index in [-0.39, 0.29) is 0 Å². The second kappa shape index (κ2) is 7.40. The van der Waals surface area contributed by atoms with Crippen molar-refractivity contribution in [2.24, 2.45) is 0 Å². The summed E-state index contributed by atoms with van der Waals surface area (Å²) in [7, 11) is 0. The highest BCUT2D eigenvalue weighted by molar-refractivity contribution is 8.22. The lowest BCUT2D eigenvalue weighted by Gasteiger charge is -2.40. The van der Waals surface area contributed by atoms with Crippen LogP contribution >= 0.6 is 24.0 Å². The standard InChI is InChI=1S/C14H25N3OS2/c19-14-16(6-5-15-7-9-18-10-8-15)11-17(12-20-14)13-3-1-2-4-13/h13H,1-12H2. The Morgan fingerprint density at radius 2 is 1.90 bits per heavy atom. The van der Waals surface area contributed by atoms with Gasteiger partial charge < -0.3 is 9.64 Å². The van der Waals surface area contributed by atoms with Crippen LogP contribution in [-0.2, 0) is 4.74 Å². The Hall–Kier alpha value is 0.120. The highest BCUT2D eigenvalue weighted by Crippen LogP contribution is 2.28. The van der Waals surface area contributed by atoms with Crippen molar-refractivity contribution in [1.82, 2.24) is 14.7 Å². The lowest BCUT2D eigenvalue weighted by Crippen LogP contribution is -2.51. The molecule has 0 bridgehead atoms. The topological polar surface area (TPSA) is 19.0 Å². The summed E-state index contributed by atoms with van der Waals surface area (Å²) < 4.78 is 6.49. The first-order chi connectivity index (χ1) is 9.83. The normalized spacial score (nSPS) is 27.4. The van der Waals surface area contributed by atoms with Gasteiger partial charge in [-0.3, -0.25) is 9.80 Å². The number of thioether (sulfide) groups is 1. The molecule has 0 unspecified atom stereocenters. The Balaban J connectivity index is 1.47. The molecule has 2 heterocycles. The van der Waals surface area contributed by atoms with Crippen molar-refractivity contribution < 1.29 is 4.74 Å². The molecule has 20 heavy (non-hydrogen) atoms. The molecule has 0 N–H and O–H groups in total. The van der Waals surface area contributed by atoms with Crippen molar-refractivity contribution in [2.45, 2.75) is 31.7 Å². The maximum Gasteiger partial charge on any atom is 0.138 e. The van der Waals surface area contributed by atoms with Gasteiger partial charge >= 0.3 is 0 Å². The van der Waals surface area contributed by atoms with Gasteiger partial charge in [-0.1, -0.05) is 36.8 Å². The minimum atomic E-state index is 0.802. The third kappa shape index (κ3) is 3.85. The summed E-state index contributed by atoms with van der Waals surface area (Å²) in [6.45, 7) is 7.12. The van der Waals surface area contributed by atoms with Crippen molar-refractivity contribution in [3.63, 3.8) is 0 Å². The molecule has 2 aliphatic heterocycles. The van der Waals surface area contributed by atoms with Crippen LogP contribution in [0.4, 0.5) is 0 Å². The Bertz CT molecular complexity index is 330. The van der Waals surface area contributed by atoms with Gasteiger partial charge in [0.05, 0.1) is 25.8 Å². The van der Waals surface area contributed by atoms with Gasteiger partial charge in [-0.2, -0.15) is 0 Å². The molecule has 0 atom stereocenters. The van der Waals surface area contributed by atoms with Crippen LogP contribution in [0.1, 0.15) is 25.7 Å². The third-order valence-electron chi connectivity index (χ3n) is 4.60. The second-order valence-corrected chi connectivity index (χ2v) is 7.50. The molecular weight excluding hydrogens is 290 g/mol. The molecule has 0 spiro atoms. The maximum absolute atomic E-state index is 5.54. The zero-order chi connectivity index (χ0) is 13.8. The number of thiocarbonyl (C=S) groups is 1. The molecule has 6 heteroatoms. The first-order valence-electron chi connectivity index (χ1n) is 7.79. The van der Waals surface area contributed by atoms with Gasteiger partial charge in [-0.15, -0.1) is 0 Å². The van der Waals surface area contributed by atoms with E-state index in [2.05, 4.69) is 14.7 Å². The van der Waals surface area contributed by atoms with E-state index < -0.39 is 0 Å². The zero-order valence-corrected chi connectivity index (χ0v) is 13.8. The van der Waals surface area contributed by atoms with Gasteiger partial charge in [0.2, 0.25) is 0 Å². The van der Waals surface area contributed by atoms with E-state index >= 15 is 0 Å². The second-order valence-electron chi connectivity index (χ2n) is 5.93. The van der Waals surface area contributed by atoms with Gasteiger partial charge in [0, 0.05) is 32.2 Å². The molecule has 114 valence electrons. The van der Waals surface area contributed by atoms with Crippen molar-refractivity contribution in [3.05, 3.63) is 0 Å². The molecule has 1 aliphatic carbocycles. The fraction of sp³-hybridized carbons (Fsp3) is 0.929. The number of hydrogen-bond acceptors (Lipinski definition) is 5. The number of morpholine rings is 1. The van der Waals surface area contributed by atoms with E-state index in [1.807, 2.05) is 11.8 Å². The van der Waals surface area contributed by atoms with Gasteiger partial charge in [0.25, 0.3) is 0 Å². The Labute approximate surface area is 131 Å². The van der Waals surface area contributed by atoms with Crippen molar-refractivity contribution >= 4 is 28.3 Å². The fourth-order valence-corrected chi connectivity index (χ4v) is 4.49. The molecule has 0 amide bonds. The van der Waals surface area contributed by atoms with Crippen molar-refractivity contribution in [2.75, 3.05) is 51.9 Å². The number of ether oxygens (including phenoxy) is 1. The van der Waals surface area contributed by atoms with Gasteiger partial charge in [0.1, 0.15) is 4.32 Å². The lowest BCUT2D eigenvalue weighted by atomic mass is 10.2. The summed E-state index contributed by atoms with van der Waals surface area (Å²) in [5, 5.41) is 0. The molecule has 3 fully saturated rings. The first-order valence-corrected chi connectivity index (χ1v) is 9.18. The molecule has 3 aliphatic rings. The molecule has 0 aromatic carbocycles. The average Bonchev–Trinajstić information content (AvgIpc) is 3.02. The summed E-state index contributed by atoms with van der Waals surface area (Å²) in [4.78, 5) is 7.52. The van der Waals surface area contributed by atoms with Crippen LogP contribution in [0.15, 0.2) is 0 Å². The predicted octanol–water partition coefficient (Wildman–Crippen LogP) is 1.81. The van der Waals surface area contributed by atoms with Crippen LogP contribution in [0.3, 0.4) is 0 Å². The van der Waals surface area contributed by atoms with Crippen molar-refractivity contribution in [1.29, 1.82) is 0 Å². The zero-order valence-electron chi connectivity index (χ0n) is 12.1. The number of hydrogen-bond donors (Lipinski definition) is 0. The van der Waals surface area contributed by atoms with E-state index in [1.165, 1.54) is 25.7 Å². The number of rotatable bonds is 4. The molecule has 4 nitrogen and oxygen atoms in total. The average molecular weight is 316 g/mol.